The summed E-state index contributed by atoms with van der Waals surface area (Å²) in [6, 6.07) is 24.5. The van der Waals surface area contributed by atoms with Crippen LogP contribution in [0, 0.1) is 5.82 Å². The first kappa shape index (κ1) is 20.8. The van der Waals surface area contributed by atoms with Crippen molar-refractivity contribution in [3.8, 4) is 11.5 Å². The number of amides is 1. The van der Waals surface area contributed by atoms with Crippen LogP contribution in [-0.4, -0.2) is 15.9 Å². The fourth-order valence-corrected chi connectivity index (χ4v) is 4.38. The lowest BCUT2D eigenvalue weighted by Gasteiger charge is -2.21. The lowest BCUT2D eigenvalue weighted by atomic mass is 10.1. The molecule has 0 saturated carbocycles. The van der Waals surface area contributed by atoms with Crippen LogP contribution >= 0.6 is 11.3 Å². The number of carbonyl (C=O) groups excluding carboxylic acids is 1. The number of aromatic nitrogens is 2. The molecule has 0 unspecified atom stereocenters. The molecule has 2 aromatic heterocycles. The molecule has 5 nitrogen and oxygen atoms in total. The molecule has 5 aromatic rings. The fourth-order valence-electron chi connectivity index (χ4n) is 3.40. The van der Waals surface area contributed by atoms with Crippen molar-refractivity contribution in [2.45, 2.75) is 6.54 Å². The number of para-hydroxylation sites is 2. The zero-order chi connectivity index (χ0) is 22.6. The monoisotopic (exact) mass is 455 g/mol. The van der Waals surface area contributed by atoms with Crippen LogP contribution in [0.3, 0.4) is 0 Å². The highest BCUT2D eigenvalue weighted by Crippen LogP contribution is 2.33. The molecule has 2 heterocycles. The Bertz CT molecular complexity index is 1410. The molecule has 0 atom stereocenters. The van der Waals surface area contributed by atoms with Crippen LogP contribution in [0.4, 0.5) is 9.52 Å². The first-order chi connectivity index (χ1) is 16.2. The molecule has 5 rings (SSSR count). The summed E-state index contributed by atoms with van der Waals surface area (Å²) in [6.07, 6.45) is 3.39. The van der Waals surface area contributed by atoms with Gasteiger partial charge in [0.2, 0.25) is 0 Å². The third kappa shape index (κ3) is 4.58. The van der Waals surface area contributed by atoms with E-state index in [4.69, 9.17) is 4.74 Å². The topological polar surface area (TPSA) is 55.3 Å². The molecule has 7 heteroatoms. The van der Waals surface area contributed by atoms with Gasteiger partial charge in [-0.3, -0.25) is 14.7 Å². The Morgan fingerprint density at radius 2 is 1.79 bits per heavy atom. The standard InChI is InChI=1S/C26H18FN3O2S/c27-19-12-13-22-24(15-19)33-26(29-22)30(17-18-7-6-14-28-16-18)25(31)21-10-4-5-11-23(21)32-20-8-2-1-3-9-20/h1-16H,17H2. The minimum Gasteiger partial charge on any atom is -0.457 e. The van der Waals surface area contributed by atoms with Crippen LogP contribution in [-0.2, 0) is 6.54 Å². The van der Waals surface area contributed by atoms with E-state index in [0.717, 1.165) is 5.56 Å². The minimum atomic E-state index is -0.343. The van der Waals surface area contributed by atoms with Crippen LogP contribution in [0.25, 0.3) is 10.2 Å². The van der Waals surface area contributed by atoms with E-state index < -0.39 is 0 Å². The number of pyridine rings is 1. The number of benzene rings is 3. The maximum Gasteiger partial charge on any atom is 0.264 e. The van der Waals surface area contributed by atoms with Crippen LogP contribution in [0.5, 0.6) is 11.5 Å². The highest BCUT2D eigenvalue weighted by molar-refractivity contribution is 7.22. The molecule has 0 bridgehead atoms. The molecule has 0 spiro atoms. The molecule has 0 aliphatic carbocycles. The zero-order valence-corrected chi connectivity index (χ0v) is 18.2. The van der Waals surface area contributed by atoms with Gasteiger partial charge in [-0.15, -0.1) is 0 Å². The molecular formula is C26H18FN3O2S. The van der Waals surface area contributed by atoms with Gasteiger partial charge in [0.1, 0.15) is 17.3 Å². The van der Waals surface area contributed by atoms with Gasteiger partial charge >= 0.3 is 0 Å². The Labute approximate surface area is 193 Å². The third-order valence-corrected chi connectivity index (χ3v) is 6.01. The van der Waals surface area contributed by atoms with Gasteiger partial charge in [-0.1, -0.05) is 47.7 Å². The normalized spacial score (nSPS) is 10.8. The van der Waals surface area contributed by atoms with Gasteiger partial charge in [-0.05, 0) is 54.1 Å². The highest BCUT2D eigenvalue weighted by Gasteiger charge is 2.25. The van der Waals surface area contributed by atoms with Crippen molar-refractivity contribution >= 4 is 32.6 Å². The number of halogens is 1. The molecule has 33 heavy (non-hydrogen) atoms. The first-order valence-corrected chi connectivity index (χ1v) is 11.1. The van der Waals surface area contributed by atoms with Crippen LogP contribution in [0.1, 0.15) is 15.9 Å². The number of anilines is 1. The number of ether oxygens (including phenoxy) is 1. The number of hydrogen-bond donors (Lipinski definition) is 0. The van der Waals surface area contributed by atoms with E-state index in [1.54, 1.807) is 41.6 Å². The van der Waals surface area contributed by atoms with Crippen molar-refractivity contribution in [2.75, 3.05) is 4.90 Å². The van der Waals surface area contributed by atoms with Crippen molar-refractivity contribution in [1.29, 1.82) is 0 Å². The van der Waals surface area contributed by atoms with Crippen molar-refractivity contribution in [3.05, 3.63) is 114 Å². The number of hydrogen-bond acceptors (Lipinski definition) is 5. The van der Waals surface area contributed by atoms with Gasteiger partial charge in [0.15, 0.2) is 5.13 Å². The second-order valence-corrected chi connectivity index (χ2v) is 8.28. The van der Waals surface area contributed by atoms with Crippen molar-refractivity contribution in [3.63, 3.8) is 0 Å². The van der Waals surface area contributed by atoms with E-state index in [0.29, 0.717) is 32.4 Å². The fraction of sp³-hybridized carbons (Fsp3) is 0.0385. The average molecular weight is 456 g/mol. The SMILES string of the molecule is O=C(c1ccccc1Oc1ccccc1)N(Cc1cccnc1)c1nc2ccc(F)cc2s1. The van der Waals surface area contributed by atoms with Gasteiger partial charge in [-0.25, -0.2) is 9.37 Å². The van der Waals surface area contributed by atoms with Gasteiger partial charge in [0, 0.05) is 12.4 Å². The molecule has 3 aromatic carbocycles. The predicted molar refractivity (Wildman–Crippen MR) is 127 cm³/mol. The summed E-state index contributed by atoms with van der Waals surface area (Å²) in [5.74, 6) is 0.457. The van der Waals surface area contributed by atoms with E-state index in [1.807, 2.05) is 48.5 Å². The lowest BCUT2D eigenvalue weighted by molar-refractivity contribution is 0.0983. The molecule has 0 aliphatic rings. The maximum absolute atomic E-state index is 13.8. The Morgan fingerprint density at radius 1 is 0.970 bits per heavy atom. The minimum absolute atomic E-state index is 0.259. The Hall–Kier alpha value is -4.10. The summed E-state index contributed by atoms with van der Waals surface area (Å²) in [5.41, 5.74) is 1.88. The summed E-state index contributed by atoms with van der Waals surface area (Å²) >= 11 is 1.26. The summed E-state index contributed by atoms with van der Waals surface area (Å²) in [6.45, 7) is 0.259. The molecule has 0 saturated heterocycles. The number of rotatable bonds is 6. The van der Waals surface area contributed by atoms with E-state index in [-0.39, 0.29) is 18.3 Å². The van der Waals surface area contributed by atoms with Crippen molar-refractivity contribution in [2.24, 2.45) is 0 Å². The van der Waals surface area contributed by atoms with Crippen molar-refractivity contribution in [1.82, 2.24) is 9.97 Å². The van der Waals surface area contributed by atoms with Gasteiger partial charge < -0.3 is 4.74 Å². The number of carbonyl (C=O) groups is 1. The first-order valence-electron chi connectivity index (χ1n) is 10.3. The third-order valence-electron chi connectivity index (χ3n) is 4.97. The summed E-state index contributed by atoms with van der Waals surface area (Å²) in [7, 11) is 0. The van der Waals surface area contributed by atoms with Gasteiger partial charge in [0.25, 0.3) is 5.91 Å². The van der Waals surface area contributed by atoms with Crippen LogP contribution in [0.2, 0.25) is 0 Å². The highest BCUT2D eigenvalue weighted by atomic mass is 32.1. The van der Waals surface area contributed by atoms with Crippen LogP contribution < -0.4 is 9.64 Å². The molecule has 162 valence electrons. The van der Waals surface area contributed by atoms with E-state index in [2.05, 4.69) is 9.97 Å². The summed E-state index contributed by atoms with van der Waals surface area (Å²) in [4.78, 5) is 24.2. The Kier molecular flexibility index (Phi) is 5.78. The number of fused-ring (bicyclic) bond motifs is 1. The molecule has 0 aliphatic heterocycles. The van der Waals surface area contributed by atoms with Crippen molar-refractivity contribution < 1.29 is 13.9 Å². The van der Waals surface area contributed by atoms with E-state index >= 15 is 0 Å². The second-order valence-electron chi connectivity index (χ2n) is 7.27. The molecule has 0 radical (unpaired) electrons. The zero-order valence-electron chi connectivity index (χ0n) is 17.4. The quantitative estimate of drug-likeness (QED) is 0.294. The van der Waals surface area contributed by atoms with Gasteiger partial charge in [0.05, 0.1) is 22.3 Å². The summed E-state index contributed by atoms with van der Waals surface area (Å²) in [5, 5.41) is 0.471. The number of thiazole rings is 1. The van der Waals surface area contributed by atoms with E-state index in [1.165, 1.54) is 23.5 Å². The van der Waals surface area contributed by atoms with Gasteiger partial charge in [-0.2, -0.15) is 0 Å². The lowest BCUT2D eigenvalue weighted by Crippen LogP contribution is -2.30. The summed E-state index contributed by atoms with van der Waals surface area (Å²) < 4.78 is 20.4. The second kappa shape index (κ2) is 9.18. The van der Waals surface area contributed by atoms with E-state index in [9.17, 15) is 9.18 Å². The Morgan fingerprint density at radius 3 is 2.61 bits per heavy atom. The maximum atomic E-state index is 13.8. The Balaban J connectivity index is 1.56. The smallest absolute Gasteiger partial charge is 0.264 e. The molecule has 1 amide bonds. The molecule has 0 N–H and O–H groups in total. The van der Waals surface area contributed by atoms with Crippen LogP contribution in [0.15, 0.2) is 97.3 Å². The predicted octanol–water partition coefficient (Wildman–Crippen LogP) is 6.47. The molecular weight excluding hydrogens is 437 g/mol. The largest absolute Gasteiger partial charge is 0.457 e. The molecule has 0 fully saturated rings. The average Bonchev–Trinajstić information content (AvgIpc) is 3.27. The number of nitrogens with zero attached hydrogens (tertiary/aromatic N) is 3.